The summed E-state index contributed by atoms with van der Waals surface area (Å²) >= 11 is 5.34. The van der Waals surface area contributed by atoms with E-state index < -0.39 is 12.7 Å². The largest absolute Gasteiger partial charge is 0.424 e. The summed E-state index contributed by atoms with van der Waals surface area (Å²) in [6.07, 6.45) is 0. The maximum absolute atomic E-state index is 10.8. The smallest absolute Gasteiger partial charge is 0.380 e. The molecular formula is C15H22NO5PS. The average Bonchev–Trinajstić information content (AvgIpc) is 2.45. The highest BCUT2D eigenvalue weighted by Gasteiger charge is 2.21. The fourth-order valence-corrected chi connectivity index (χ4v) is 3.89. The molecular weight excluding hydrogens is 337 g/mol. The third-order valence-corrected chi connectivity index (χ3v) is 5.13. The van der Waals surface area contributed by atoms with Crippen molar-refractivity contribution in [1.82, 2.24) is 0 Å². The van der Waals surface area contributed by atoms with Gasteiger partial charge in [-0.15, -0.1) is 0 Å². The number of hydrogen-bond acceptors (Lipinski definition) is 7. The van der Waals surface area contributed by atoms with Gasteiger partial charge >= 0.3 is 12.7 Å². The molecule has 1 aromatic rings. The molecule has 1 rings (SSSR count). The number of aryl methyl sites for hydroxylation is 1. The van der Waals surface area contributed by atoms with Crippen molar-refractivity contribution in [2.45, 2.75) is 34.6 Å². The first-order valence-electron chi connectivity index (χ1n) is 7.23. The van der Waals surface area contributed by atoms with Gasteiger partial charge in [0.05, 0.1) is 18.9 Å². The van der Waals surface area contributed by atoms with Crippen LogP contribution in [-0.4, -0.2) is 24.9 Å². The molecule has 0 N–H and O–H groups in total. The van der Waals surface area contributed by atoms with Gasteiger partial charge in [-0.25, -0.2) is 4.79 Å². The minimum Gasteiger partial charge on any atom is -0.424 e. The molecule has 0 amide bonds. The van der Waals surface area contributed by atoms with E-state index in [-0.39, 0.29) is 0 Å². The minimum atomic E-state index is -2.79. The summed E-state index contributed by atoms with van der Waals surface area (Å²) in [5, 5.41) is 3.78. The number of carbonyl (C=O) groups is 1. The van der Waals surface area contributed by atoms with Gasteiger partial charge < -0.3 is 9.36 Å². The van der Waals surface area contributed by atoms with E-state index in [9.17, 15) is 4.79 Å². The van der Waals surface area contributed by atoms with Crippen LogP contribution >= 0.6 is 6.72 Å². The van der Waals surface area contributed by atoms with Crippen molar-refractivity contribution in [3.05, 3.63) is 29.3 Å². The van der Waals surface area contributed by atoms with Crippen LogP contribution in [-0.2, 0) is 30.5 Å². The van der Waals surface area contributed by atoms with Gasteiger partial charge in [-0.2, -0.15) is 0 Å². The molecule has 0 aromatic heterocycles. The molecule has 0 spiro atoms. The Bertz CT molecular complexity index is 622. The van der Waals surface area contributed by atoms with E-state index in [1.165, 1.54) is 6.92 Å². The predicted octanol–water partition coefficient (Wildman–Crippen LogP) is 3.96. The van der Waals surface area contributed by atoms with E-state index in [1.54, 1.807) is 13.0 Å². The highest BCUT2D eigenvalue weighted by atomic mass is 32.5. The van der Waals surface area contributed by atoms with Crippen molar-refractivity contribution in [3.8, 4) is 5.75 Å². The first-order valence-corrected chi connectivity index (χ1v) is 9.78. The molecule has 0 heterocycles. The van der Waals surface area contributed by atoms with Crippen LogP contribution in [0, 0.1) is 6.92 Å². The molecule has 23 heavy (non-hydrogen) atoms. The third-order valence-electron chi connectivity index (χ3n) is 2.69. The molecule has 6 nitrogen and oxygen atoms in total. The van der Waals surface area contributed by atoms with Crippen molar-refractivity contribution >= 4 is 30.2 Å². The summed E-state index contributed by atoms with van der Waals surface area (Å²) in [6.45, 7) is 6.69. The van der Waals surface area contributed by atoms with Crippen molar-refractivity contribution in [1.29, 1.82) is 0 Å². The second-order valence-electron chi connectivity index (χ2n) is 4.61. The number of carbonyl (C=O) groups excluding carboxylic acids is 1. The number of rotatable bonds is 8. The Morgan fingerprint density at radius 2 is 1.83 bits per heavy atom. The quantitative estimate of drug-likeness (QED) is 0.303. The topological polar surface area (TPSA) is 66.3 Å². The lowest BCUT2D eigenvalue weighted by atomic mass is 10.1. The van der Waals surface area contributed by atoms with Crippen LogP contribution in [0.3, 0.4) is 0 Å². The van der Waals surface area contributed by atoms with Crippen LogP contribution in [0.25, 0.3) is 0 Å². The monoisotopic (exact) mass is 359 g/mol. The Hall–Kier alpha value is -1.27. The molecule has 0 aliphatic heterocycles. The molecule has 0 radical (unpaired) electrons. The van der Waals surface area contributed by atoms with Gasteiger partial charge in [0.15, 0.2) is 0 Å². The van der Waals surface area contributed by atoms with E-state index in [0.717, 1.165) is 11.1 Å². The Kier molecular flexibility index (Phi) is 7.85. The first kappa shape index (κ1) is 19.8. The average molecular weight is 359 g/mol. The SMILES string of the molecule is CCOP(=S)(OCC)Oc1ccc(/C(C)=N/OC(C)=O)c(C)c1. The van der Waals surface area contributed by atoms with Crippen molar-refractivity contribution in [2.24, 2.45) is 5.16 Å². The lowest BCUT2D eigenvalue weighted by molar-refractivity contribution is -0.140. The van der Waals surface area contributed by atoms with Crippen LogP contribution in [0.4, 0.5) is 0 Å². The van der Waals surface area contributed by atoms with Crippen LogP contribution in [0.5, 0.6) is 5.75 Å². The molecule has 0 fully saturated rings. The summed E-state index contributed by atoms with van der Waals surface area (Å²) in [7, 11) is 0. The summed E-state index contributed by atoms with van der Waals surface area (Å²) in [5.74, 6) is 0.104. The standard InChI is InChI=1S/C15H22NO5PS/c1-6-18-22(23,19-7-2)21-14-8-9-15(11(3)10-14)12(4)16-20-13(5)17/h8-10H,6-7H2,1-5H3/b16-12+. The maximum atomic E-state index is 10.8. The first-order chi connectivity index (χ1) is 10.8. The van der Waals surface area contributed by atoms with Gasteiger partial charge in [0.2, 0.25) is 0 Å². The molecule has 0 bridgehead atoms. The van der Waals surface area contributed by atoms with E-state index in [0.29, 0.717) is 24.7 Å². The highest BCUT2D eigenvalue weighted by molar-refractivity contribution is 8.07. The highest BCUT2D eigenvalue weighted by Crippen LogP contribution is 2.49. The number of hydrogen-bond donors (Lipinski definition) is 0. The van der Waals surface area contributed by atoms with Gasteiger partial charge in [-0.05, 0) is 51.5 Å². The zero-order chi connectivity index (χ0) is 17.5. The molecule has 128 valence electrons. The molecule has 0 saturated carbocycles. The van der Waals surface area contributed by atoms with Crippen molar-refractivity contribution < 1.29 is 23.2 Å². The molecule has 0 atom stereocenters. The molecule has 0 aliphatic rings. The van der Waals surface area contributed by atoms with E-state index in [1.807, 2.05) is 32.9 Å². The third kappa shape index (κ3) is 6.39. The Balaban J connectivity index is 2.97. The summed E-state index contributed by atoms with van der Waals surface area (Å²) < 4.78 is 16.7. The fraction of sp³-hybridized carbons (Fsp3) is 0.467. The molecule has 0 aliphatic carbocycles. The maximum Gasteiger partial charge on any atom is 0.380 e. The van der Waals surface area contributed by atoms with Gasteiger partial charge in [0.1, 0.15) is 5.75 Å². The van der Waals surface area contributed by atoms with Crippen LogP contribution in [0.15, 0.2) is 23.4 Å². The summed E-state index contributed by atoms with van der Waals surface area (Å²) in [5.41, 5.74) is 2.35. The van der Waals surface area contributed by atoms with Gasteiger partial charge in [0, 0.05) is 24.3 Å². The Labute approximate surface area is 142 Å². The molecule has 1 aromatic carbocycles. The number of oxime groups is 1. The van der Waals surface area contributed by atoms with E-state index >= 15 is 0 Å². The molecule has 8 heteroatoms. The Morgan fingerprint density at radius 3 is 2.30 bits per heavy atom. The van der Waals surface area contributed by atoms with E-state index in [2.05, 4.69) is 9.99 Å². The number of benzene rings is 1. The minimum absolute atomic E-state index is 0.419. The summed E-state index contributed by atoms with van der Waals surface area (Å²) in [6, 6.07) is 5.40. The molecule has 0 saturated heterocycles. The van der Waals surface area contributed by atoms with Crippen LogP contribution in [0.2, 0.25) is 0 Å². The zero-order valence-corrected chi connectivity index (χ0v) is 15.7. The second-order valence-corrected chi connectivity index (χ2v) is 7.55. The summed E-state index contributed by atoms with van der Waals surface area (Å²) in [4.78, 5) is 15.5. The lowest BCUT2D eigenvalue weighted by Crippen LogP contribution is -2.04. The van der Waals surface area contributed by atoms with E-state index in [4.69, 9.17) is 25.4 Å². The van der Waals surface area contributed by atoms with Crippen molar-refractivity contribution in [2.75, 3.05) is 13.2 Å². The van der Waals surface area contributed by atoms with Crippen molar-refractivity contribution in [3.63, 3.8) is 0 Å². The zero-order valence-electron chi connectivity index (χ0n) is 14.0. The fourth-order valence-electron chi connectivity index (χ4n) is 1.82. The second kappa shape index (κ2) is 9.13. The predicted molar refractivity (Wildman–Crippen MR) is 93.3 cm³/mol. The van der Waals surface area contributed by atoms with Gasteiger partial charge in [-0.1, -0.05) is 5.16 Å². The van der Waals surface area contributed by atoms with Gasteiger partial charge in [0.25, 0.3) is 0 Å². The van der Waals surface area contributed by atoms with Gasteiger partial charge in [-0.3, -0.25) is 9.05 Å². The van der Waals surface area contributed by atoms with Crippen LogP contribution < -0.4 is 4.52 Å². The normalized spacial score (nSPS) is 12.1. The number of nitrogens with zero attached hydrogens (tertiary/aromatic N) is 1. The van der Waals surface area contributed by atoms with Crippen LogP contribution in [0.1, 0.15) is 38.8 Å². The lowest BCUT2D eigenvalue weighted by Gasteiger charge is -2.21. The molecule has 0 unspecified atom stereocenters. The Morgan fingerprint density at radius 1 is 1.22 bits per heavy atom.